The van der Waals surface area contributed by atoms with Gasteiger partial charge in [-0.2, -0.15) is 0 Å². The zero-order valence-corrected chi connectivity index (χ0v) is 16.0. The summed E-state index contributed by atoms with van der Waals surface area (Å²) in [6.45, 7) is 19.6. The molecule has 0 rings (SSSR count). The molecule has 0 aliphatic rings. The molecule has 0 saturated heterocycles. The summed E-state index contributed by atoms with van der Waals surface area (Å²) < 4.78 is 16.7. The van der Waals surface area contributed by atoms with E-state index in [0.717, 1.165) is 0 Å². The molecule has 0 spiro atoms. The molecule has 0 radical (unpaired) electrons. The Balaban J connectivity index is 5.50. The van der Waals surface area contributed by atoms with Gasteiger partial charge in [-0.1, -0.05) is 0 Å². The van der Waals surface area contributed by atoms with Gasteiger partial charge < -0.3 is 14.0 Å². The molecule has 0 aromatic rings. The van der Waals surface area contributed by atoms with Gasteiger partial charge in [-0.05, 0) is 55.4 Å². The molecule has 0 atom stereocenters. The van der Waals surface area contributed by atoms with Gasteiger partial charge in [0.25, 0.3) is 0 Å². The van der Waals surface area contributed by atoms with Gasteiger partial charge in [-0.15, -0.1) is 0 Å². The third-order valence-electron chi connectivity index (χ3n) is 3.64. The summed E-state index contributed by atoms with van der Waals surface area (Å²) in [5.74, 6) is -0.174. The van der Waals surface area contributed by atoms with Gasteiger partial charge in [0.15, 0.2) is 0 Å². The summed E-state index contributed by atoms with van der Waals surface area (Å²) in [6.07, 6.45) is 1.31. The topological polar surface area (TPSA) is 44.8 Å². The number of carbonyl (C=O) groups is 1. The zero-order valence-electron chi connectivity index (χ0n) is 15.1. The van der Waals surface area contributed by atoms with Gasteiger partial charge in [0.1, 0.15) is 16.4 Å². The van der Waals surface area contributed by atoms with Crippen LogP contribution in [0.25, 0.3) is 0 Å². The fourth-order valence-electron chi connectivity index (χ4n) is 1.98. The lowest BCUT2D eigenvalue weighted by Gasteiger charge is -2.41. The van der Waals surface area contributed by atoms with E-state index in [0.29, 0.717) is 13.2 Å². The van der Waals surface area contributed by atoms with E-state index in [-0.39, 0.29) is 16.3 Å². The molecule has 0 fully saturated rings. The van der Waals surface area contributed by atoms with Crippen LogP contribution >= 0.6 is 7.49 Å². The van der Waals surface area contributed by atoms with Crippen LogP contribution in [-0.2, 0) is 18.8 Å². The van der Waals surface area contributed by atoms with Crippen LogP contribution in [0.1, 0.15) is 55.4 Å². The van der Waals surface area contributed by atoms with Gasteiger partial charge >= 0.3 is 11.9 Å². The Morgan fingerprint density at radius 3 is 1.71 bits per heavy atom. The standard InChI is InChI=1S/C16H32O4P/c1-10-18-13(17)12-14(19-11-2)20-21(9,15(3,4)5)16(6,7)8/h12H,10-11H2,1-9H3/q+1/b14-12+. The maximum absolute atomic E-state index is 11.7. The Labute approximate surface area is 130 Å². The molecule has 5 heteroatoms. The highest BCUT2D eigenvalue weighted by Gasteiger charge is 2.58. The second-order valence-electron chi connectivity index (χ2n) is 7.01. The van der Waals surface area contributed by atoms with Gasteiger partial charge in [-0.25, -0.2) is 4.79 Å². The minimum absolute atomic E-state index is 0.0316. The molecular weight excluding hydrogens is 287 g/mol. The third kappa shape index (κ3) is 5.50. The highest BCUT2D eigenvalue weighted by atomic mass is 31.2. The maximum atomic E-state index is 11.7. The molecule has 0 bridgehead atoms. The second-order valence-corrected chi connectivity index (χ2v) is 11.7. The predicted molar refractivity (Wildman–Crippen MR) is 89.8 cm³/mol. The first-order valence-electron chi connectivity index (χ1n) is 7.46. The van der Waals surface area contributed by atoms with Gasteiger partial charge in [0, 0.05) is 0 Å². The third-order valence-corrected chi connectivity index (χ3v) is 9.31. The van der Waals surface area contributed by atoms with Crippen molar-refractivity contribution < 1.29 is 18.8 Å². The van der Waals surface area contributed by atoms with E-state index >= 15 is 0 Å². The SMILES string of the molecule is CCOC(=O)/C=C(\OCC)O[P+](C)(C(C)(C)C)C(C)(C)C. The molecule has 0 N–H and O–H groups in total. The molecule has 124 valence electrons. The number of hydrogen-bond donors (Lipinski definition) is 0. The lowest BCUT2D eigenvalue weighted by Crippen LogP contribution is -2.34. The second kappa shape index (κ2) is 7.49. The summed E-state index contributed by atoms with van der Waals surface area (Å²) in [7, 11) is -1.90. The van der Waals surface area contributed by atoms with E-state index in [1.54, 1.807) is 6.92 Å². The van der Waals surface area contributed by atoms with E-state index in [9.17, 15) is 4.79 Å². The Bertz CT molecular complexity index is 361. The molecule has 0 aliphatic heterocycles. The Morgan fingerprint density at radius 2 is 1.38 bits per heavy atom. The van der Waals surface area contributed by atoms with Crippen molar-refractivity contribution in [2.45, 2.75) is 65.7 Å². The fraction of sp³-hybridized carbons (Fsp3) is 0.812. The Hall–Kier alpha value is -0.760. The van der Waals surface area contributed by atoms with Crippen LogP contribution in [-0.4, -0.2) is 36.2 Å². The van der Waals surface area contributed by atoms with Crippen molar-refractivity contribution in [3.8, 4) is 0 Å². The summed E-state index contributed by atoms with van der Waals surface area (Å²) in [6, 6.07) is 0. The minimum Gasteiger partial charge on any atom is -0.463 e. The number of ether oxygens (including phenoxy) is 2. The number of carbonyl (C=O) groups excluding carboxylic acids is 1. The number of hydrogen-bond acceptors (Lipinski definition) is 4. The molecule has 0 unspecified atom stereocenters. The first-order chi connectivity index (χ1) is 9.39. The molecule has 0 aliphatic carbocycles. The highest BCUT2D eigenvalue weighted by molar-refractivity contribution is 7.73. The van der Waals surface area contributed by atoms with E-state index in [1.165, 1.54) is 6.08 Å². The monoisotopic (exact) mass is 319 g/mol. The van der Waals surface area contributed by atoms with Crippen molar-refractivity contribution in [1.82, 2.24) is 0 Å². The van der Waals surface area contributed by atoms with Crippen molar-refractivity contribution in [1.29, 1.82) is 0 Å². The molecular formula is C16H32O4P+. The fourth-order valence-corrected chi connectivity index (χ4v) is 5.00. The predicted octanol–water partition coefficient (Wildman–Crippen LogP) is 4.60. The first kappa shape index (κ1) is 20.2. The average molecular weight is 319 g/mol. The molecule has 21 heavy (non-hydrogen) atoms. The zero-order chi connectivity index (χ0) is 16.9. The van der Waals surface area contributed by atoms with Gasteiger partial charge in [0.2, 0.25) is 7.49 Å². The molecule has 0 amide bonds. The normalized spacial score (nSPS) is 13.9. The molecule has 0 aromatic heterocycles. The number of esters is 1. The minimum atomic E-state index is -1.90. The highest BCUT2D eigenvalue weighted by Crippen LogP contribution is 2.75. The smallest absolute Gasteiger partial charge is 0.338 e. The molecule has 4 nitrogen and oxygen atoms in total. The van der Waals surface area contributed by atoms with Crippen LogP contribution in [0, 0.1) is 0 Å². The van der Waals surface area contributed by atoms with Crippen molar-refractivity contribution in [3.05, 3.63) is 12.0 Å². The van der Waals surface area contributed by atoms with Crippen LogP contribution in [0.15, 0.2) is 12.0 Å². The van der Waals surface area contributed by atoms with Crippen LogP contribution < -0.4 is 0 Å². The summed E-state index contributed by atoms with van der Waals surface area (Å²) in [5.41, 5.74) is 0. The van der Waals surface area contributed by atoms with Crippen molar-refractivity contribution in [2.75, 3.05) is 19.9 Å². The summed E-state index contributed by atoms with van der Waals surface area (Å²) in [4.78, 5) is 11.7. The lowest BCUT2D eigenvalue weighted by atomic mass is 10.2. The maximum Gasteiger partial charge on any atom is 0.338 e. The van der Waals surface area contributed by atoms with E-state index < -0.39 is 13.5 Å². The summed E-state index contributed by atoms with van der Waals surface area (Å²) >= 11 is 0. The van der Waals surface area contributed by atoms with E-state index in [2.05, 4.69) is 48.2 Å². The van der Waals surface area contributed by atoms with Crippen LogP contribution in [0.2, 0.25) is 0 Å². The van der Waals surface area contributed by atoms with E-state index in [1.807, 2.05) is 6.92 Å². The quantitative estimate of drug-likeness (QED) is 0.310. The molecule has 0 heterocycles. The molecule has 0 saturated carbocycles. The van der Waals surface area contributed by atoms with Crippen molar-refractivity contribution >= 4 is 13.5 Å². The van der Waals surface area contributed by atoms with E-state index in [4.69, 9.17) is 14.0 Å². The van der Waals surface area contributed by atoms with Crippen molar-refractivity contribution in [2.24, 2.45) is 0 Å². The Kier molecular flexibility index (Phi) is 7.22. The summed E-state index contributed by atoms with van der Waals surface area (Å²) in [5, 5.41) is -0.0633. The lowest BCUT2D eigenvalue weighted by molar-refractivity contribution is -0.137. The Morgan fingerprint density at radius 1 is 0.952 bits per heavy atom. The average Bonchev–Trinajstić information content (AvgIpc) is 2.26. The van der Waals surface area contributed by atoms with Crippen LogP contribution in [0.4, 0.5) is 0 Å². The van der Waals surface area contributed by atoms with Crippen LogP contribution in [0.3, 0.4) is 0 Å². The van der Waals surface area contributed by atoms with Gasteiger partial charge in [-0.3, -0.25) is 0 Å². The number of rotatable bonds is 6. The van der Waals surface area contributed by atoms with Crippen molar-refractivity contribution in [3.63, 3.8) is 0 Å². The largest absolute Gasteiger partial charge is 0.463 e. The van der Waals surface area contributed by atoms with Gasteiger partial charge in [0.05, 0.1) is 19.9 Å². The first-order valence-corrected chi connectivity index (χ1v) is 9.62. The molecule has 0 aromatic carbocycles. The van der Waals surface area contributed by atoms with Crippen LogP contribution in [0.5, 0.6) is 0 Å².